The quantitative estimate of drug-likeness (QED) is 0.494. The van der Waals surface area contributed by atoms with E-state index in [2.05, 4.69) is 15.0 Å². The number of nitrogens with zero attached hydrogens (tertiary/aromatic N) is 3. The van der Waals surface area contributed by atoms with Crippen molar-refractivity contribution in [2.24, 2.45) is 0 Å². The number of aryl methyl sites for hydroxylation is 1. The number of hydrogen-bond donors (Lipinski definition) is 0. The van der Waals surface area contributed by atoms with Gasteiger partial charge in [-0.1, -0.05) is 35.9 Å². The van der Waals surface area contributed by atoms with E-state index < -0.39 is 0 Å². The van der Waals surface area contributed by atoms with Gasteiger partial charge in [0.1, 0.15) is 11.4 Å². The second kappa shape index (κ2) is 6.49. The summed E-state index contributed by atoms with van der Waals surface area (Å²) < 4.78 is 5.89. The fraction of sp³-hybridized carbons (Fsp3) is 0.0500. The van der Waals surface area contributed by atoms with Gasteiger partial charge >= 0.3 is 0 Å². The molecule has 0 radical (unpaired) electrons. The normalized spacial score (nSPS) is 10.8. The Bertz CT molecular complexity index is 1050. The lowest BCUT2D eigenvalue weighted by Gasteiger charge is -2.09. The van der Waals surface area contributed by atoms with Crippen molar-refractivity contribution < 1.29 is 4.74 Å². The highest BCUT2D eigenvalue weighted by Crippen LogP contribution is 2.27. The number of fused-ring (bicyclic) bond motifs is 1. The summed E-state index contributed by atoms with van der Waals surface area (Å²) in [4.78, 5) is 13.6. The van der Waals surface area contributed by atoms with Crippen LogP contribution in [0.15, 0.2) is 66.9 Å². The van der Waals surface area contributed by atoms with E-state index in [1.165, 1.54) is 0 Å². The largest absolute Gasteiger partial charge is 0.439 e. The van der Waals surface area contributed by atoms with Crippen molar-refractivity contribution in [3.8, 4) is 23.1 Å². The van der Waals surface area contributed by atoms with E-state index in [4.69, 9.17) is 16.3 Å². The van der Waals surface area contributed by atoms with Crippen molar-refractivity contribution in [3.05, 3.63) is 77.4 Å². The maximum atomic E-state index is 5.91. The van der Waals surface area contributed by atoms with Crippen LogP contribution in [0.5, 0.6) is 11.6 Å². The Morgan fingerprint density at radius 1 is 0.880 bits per heavy atom. The van der Waals surface area contributed by atoms with Crippen LogP contribution < -0.4 is 4.74 Å². The van der Waals surface area contributed by atoms with Crippen LogP contribution in [-0.4, -0.2) is 15.0 Å². The lowest BCUT2D eigenvalue weighted by atomic mass is 10.2. The molecule has 2 aromatic heterocycles. The number of pyridine rings is 1. The fourth-order valence-corrected chi connectivity index (χ4v) is 2.57. The van der Waals surface area contributed by atoms with E-state index in [-0.39, 0.29) is 0 Å². The van der Waals surface area contributed by atoms with E-state index >= 15 is 0 Å². The average molecular weight is 348 g/mol. The van der Waals surface area contributed by atoms with Crippen LogP contribution in [0.3, 0.4) is 0 Å². The van der Waals surface area contributed by atoms with E-state index in [9.17, 15) is 0 Å². The van der Waals surface area contributed by atoms with Gasteiger partial charge in [-0.25, -0.2) is 15.0 Å². The lowest BCUT2D eigenvalue weighted by Crippen LogP contribution is -1.96. The molecule has 4 aromatic rings. The van der Waals surface area contributed by atoms with Gasteiger partial charge in [0.15, 0.2) is 5.82 Å². The first kappa shape index (κ1) is 15.5. The molecule has 4 nitrogen and oxygen atoms in total. The summed E-state index contributed by atoms with van der Waals surface area (Å²) in [6.07, 6.45) is 1.80. The molecule has 0 unspecified atom stereocenters. The highest BCUT2D eigenvalue weighted by molar-refractivity contribution is 6.30. The zero-order valence-electron chi connectivity index (χ0n) is 13.5. The Morgan fingerprint density at radius 3 is 2.52 bits per heavy atom. The van der Waals surface area contributed by atoms with E-state index in [1.54, 1.807) is 18.3 Å². The van der Waals surface area contributed by atoms with Crippen LogP contribution in [0.25, 0.3) is 22.4 Å². The molecule has 0 amide bonds. The molecule has 0 bridgehead atoms. The first-order chi connectivity index (χ1) is 12.2. The summed E-state index contributed by atoms with van der Waals surface area (Å²) >= 11 is 5.91. The fourth-order valence-electron chi connectivity index (χ4n) is 2.45. The van der Waals surface area contributed by atoms with Gasteiger partial charge in [-0.15, -0.1) is 0 Å². The highest BCUT2D eigenvalue weighted by Gasteiger charge is 2.10. The van der Waals surface area contributed by atoms with Gasteiger partial charge in [0.2, 0.25) is 5.88 Å². The van der Waals surface area contributed by atoms with E-state index in [1.807, 2.05) is 55.5 Å². The maximum absolute atomic E-state index is 5.91. The average Bonchev–Trinajstić information content (AvgIpc) is 2.65. The predicted molar refractivity (Wildman–Crippen MR) is 99.0 cm³/mol. The van der Waals surface area contributed by atoms with Crippen molar-refractivity contribution in [1.29, 1.82) is 0 Å². The molecule has 0 fully saturated rings. The molecular formula is C20H14ClN3O. The molecule has 122 valence electrons. The molecule has 5 heteroatoms. The third kappa shape index (κ3) is 3.30. The van der Waals surface area contributed by atoms with Crippen molar-refractivity contribution in [3.63, 3.8) is 0 Å². The van der Waals surface area contributed by atoms with Gasteiger partial charge < -0.3 is 4.74 Å². The summed E-state index contributed by atoms with van der Waals surface area (Å²) in [5.74, 6) is 1.77. The number of halogens is 1. The van der Waals surface area contributed by atoms with E-state index in [0.29, 0.717) is 28.2 Å². The zero-order valence-corrected chi connectivity index (χ0v) is 14.2. The Labute approximate surface area is 150 Å². The van der Waals surface area contributed by atoms with Crippen LogP contribution in [0.2, 0.25) is 5.02 Å². The Balaban J connectivity index is 1.71. The molecule has 0 aliphatic heterocycles. The number of ether oxygens (including phenoxy) is 1. The SMILES string of the molecule is Cc1ccc(-c2ncc3ccccc3n2)nc1Oc1ccc(Cl)cc1. The van der Waals surface area contributed by atoms with Crippen molar-refractivity contribution >= 4 is 22.5 Å². The summed E-state index contributed by atoms with van der Waals surface area (Å²) in [5.41, 5.74) is 2.48. The number of para-hydroxylation sites is 1. The Morgan fingerprint density at radius 2 is 1.68 bits per heavy atom. The molecule has 25 heavy (non-hydrogen) atoms. The van der Waals surface area contributed by atoms with Crippen molar-refractivity contribution in [2.75, 3.05) is 0 Å². The van der Waals surface area contributed by atoms with Crippen LogP contribution in [0.1, 0.15) is 5.56 Å². The molecule has 0 aliphatic rings. The predicted octanol–water partition coefficient (Wildman–Crippen LogP) is 5.45. The third-order valence-electron chi connectivity index (χ3n) is 3.80. The second-order valence-electron chi connectivity index (χ2n) is 5.63. The minimum absolute atomic E-state index is 0.525. The van der Waals surface area contributed by atoms with Gasteiger partial charge in [0, 0.05) is 22.2 Å². The number of rotatable bonds is 3. The summed E-state index contributed by atoms with van der Waals surface area (Å²) in [6, 6.07) is 18.9. The van der Waals surface area contributed by atoms with Crippen LogP contribution in [0, 0.1) is 6.92 Å². The molecule has 0 spiro atoms. The van der Waals surface area contributed by atoms with E-state index in [0.717, 1.165) is 16.5 Å². The van der Waals surface area contributed by atoms with Gasteiger partial charge in [0.05, 0.1) is 5.52 Å². The third-order valence-corrected chi connectivity index (χ3v) is 4.05. The van der Waals surface area contributed by atoms with Gasteiger partial charge in [-0.05, 0) is 43.3 Å². The summed E-state index contributed by atoms with van der Waals surface area (Å²) in [6.45, 7) is 1.95. The van der Waals surface area contributed by atoms with Crippen LogP contribution >= 0.6 is 11.6 Å². The first-order valence-electron chi connectivity index (χ1n) is 7.82. The van der Waals surface area contributed by atoms with Gasteiger partial charge in [-0.3, -0.25) is 0 Å². The van der Waals surface area contributed by atoms with Gasteiger partial charge in [0.25, 0.3) is 0 Å². The minimum Gasteiger partial charge on any atom is -0.439 e. The molecule has 0 aliphatic carbocycles. The molecule has 2 heterocycles. The van der Waals surface area contributed by atoms with Crippen LogP contribution in [0.4, 0.5) is 0 Å². The molecule has 0 atom stereocenters. The minimum atomic E-state index is 0.525. The number of hydrogen-bond acceptors (Lipinski definition) is 4. The lowest BCUT2D eigenvalue weighted by molar-refractivity contribution is 0.459. The maximum Gasteiger partial charge on any atom is 0.222 e. The summed E-state index contributed by atoms with van der Waals surface area (Å²) in [5, 5.41) is 1.66. The summed E-state index contributed by atoms with van der Waals surface area (Å²) in [7, 11) is 0. The number of benzene rings is 2. The molecule has 0 N–H and O–H groups in total. The topological polar surface area (TPSA) is 47.9 Å². The highest BCUT2D eigenvalue weighted by atomic mass is 35.5. The Hall–Kier alpha value is -2.98. The monoisotopic (exact) mass is 347 g/mol. The first-order valence-corrected chi connectivity index (χ1v) is 8.20. The smallest absolute Gasteiger partial charge is 0.222 e. The molecule has 2 aromatic carbocycles. The standard InChI is InChI=1S/C20H14ClN3O/c1-13-6-11-18(19-22-12-14-4-2-3-5-17(14)23-19)24-20(13)25-16-9-7-15(21)8-10-16/h2-12H,1H3. The second-order valence-corrected chi connectivity index (χ2v) is 6.06. The van der Waals surface area contributed by atoms with Crippen molar-refractivity contribution in [1.82, 2.24) is 15.0 Å². The number of aromatic nitrogens is 3. The zero-order chi connectivity index (χ0) is 17.2. The van der Waals surface area contributed by atoms with Crippen LogP contribution in [-0.2, 0) is 0 Å². The molecule has 0 saturated heterocycles. The Kier molecular flexibility index (Phi) is 4.04. The molecule has 0 saturated carbocycles. The molecular weight excluding hydrogens is 334 g/mol. The van der Waals surface area contributed by atoms with Crippen molar-refractivity contribution in [2.45, 2.75) is 6.92 Å². The molecule has 4 rings (SSSR count). The van der Waals surface area contributed by atoms with Gasteiger partial charge in [-0.2, -0.15) is 0 Å².